The van der Waals surface area contributed by atoms with Crippen LogP contribution in [0.15, 0.2) is 24.3 Å². The third-order valence-electron chi connectivity index (χ3n) is 7.18. The van der Waals surface area contributed by atoms with E-state index in [1.54, 1.807) is 0 Å². The van der Waals surface area contributed by atoms with E-state index in [0.29, 0.717) is 18.4 Å². The van der Waals surface area contributed by atoms with Crippen LogP contribution in [0.25, 0.3) is 0 Å². The molecule has 170 valence electrons. The van der Waals surface area contributed by atoms with Crippen LogP contribution >= 0.6 is 0 Å². The normalized spacial score (nSPS) is 24.5. The first-order chi connectivity index (χ1) is 14.4. The van der Waals surface area contributed by atoms with Crippen molar-refractivity contribution in [3.63, 3.8) is 0 Å². The molecule has 2 aliphatic rings. The predicted molar refractivity (Wildman–Crippen MR) is 110 cm³/mol. The Morgan fingerprint density at radius 1 is 1.32 bits per heavy atom. The second-order valence-electron chi connectivity index (χ2n) is 8.97. The molecule has 1 aromatic carbocycles. The van der Waals surface area contributed by atoms with Crippen molar-refractivity contribution in [2.24, 2.45) is 16.7 Å². The molecule has 2 saturated carbocycles. The van der Waals surface area contributed by atoms with Gasteiger partial charge in [-0.3, -0.25) is 24.9 Å². The van der Waals surface area contributed by atoms with Crippen LogP contribution in [0, 0.1) is 26.9 Å². The average molecular weight is 454 g/mol. The Morgan fingerprint density at radius 2 is 1.97 bits per heavy atom. The van der Waals surface area contributed by atoms with E-state index in [1.807, 2.05) is 13.8 Å². The van der Waals surface area contributed by atoms with E-state index in [1.165, 1.54) is 29.7 Å². The molecule has 0 saturated heterocycles. The van der Waals surface area contributed by atoms with Crippen LogP contribution in [0.2, 0.25) is 0 Å². The lowest BCUT2D eigenvalue weighted by Crippen LogP contribution is -2.47. The minimum Gasteiger partial charge on any atom is -0.299 e. The Balaban J connectivity index is 1.87. The summed E-state index contributed by atoms with van der Waals surface area (Å²) >= 11 is 0. The van der Waals surface area contributed by atoms with Crippen LogP contribution in [0.4, 0.5) is 5.69 Å². The lowest BCUT2D eigenvalue weighted by molar-refractivity contribution is -0.384. The number of nitrogens with one attached hydrogen (secondary N) is 1. The summed E-state index contributed by atoms with van der Waals surface area (Å²) in [6, 6.07) is 5.48. The van der Waals surface area contributed by atoms with Gasteiger partial charge in [-0.25, -0.2) is 13.9 Å². The molecule has 1 aromatic rings. The number of Topliss-reactive ketones (excluding diaryl/α,β-unsaturated/α-hetero) is 1. The number of rotatable bonds is 9. The Labute approximate surface area is 180 Å². The summed E-state index contributed by atoms with van der Waals surface area (Å²) in [5, 5.41) is 19.6. The maximum Gasteiger partial charge on any atom is 0.269 e. The van der Waals surface area contributed by atoms with Gasteiger partial charge in [0.25, 0.3) is 5.69 Å². The van der Waals surface area contributed by atoms with E-state index in [0.717, 1.165) is 10.7 Å². The zero-order chi connectivity index (χ0) is 23.0. The number of ketones is 1. The van der Waals surface area contributed by atoms with Crippen molar-refractivity contribution >= 4 is 27.4 Å². The van der Waals surface area contributed by atoms with Gasteiger partial charge < -0.3 is 0 Å². The number of amides is 1. The number of hydrogen-bond donors (Lipinski definition) is 2. The Bertz CT molecular complexity index is 991. The molecular weight excluding hydrogens is 426 g/mol. The first-order valence-electron chi connectivity index (χ1n) is 10.1. The second kappa shape index (κ2) is 8.29. The average Bonchev–Trinajstić information content (AvgIpc) is 3.05. The van der Waals surface area contributed by atoms with Crippen molar-refractivity contribution in [1.82, 2.24) is 9.79 Å². The van der Waals surface area contributed by atoms with Gasteiger partial charge in [-0.15, -0.1) is 0 Å². The molecule has 11 heteroatoms. The molecule has 2 atom stereocenters. The fourth-order valence-electron chi connectivity index (χ4n) is 5.04. The molecule has 0 radical (unpaired) electrons. The number of nitro groups is 1. The number of carbonyl (C=O) groups is 2. The molecular formula is C20H27N3O7S. The number of benzene rings is 1. The van der Waals surface area contributed by atoms with Crippen molar-refractivity contribution < 1.29 is 28.1 Å². The molecule has 1 amide bonds. The van der Waals surface area contributed by atoms with E-state index in [4.69, 9.17) is 5.21 Å². The zero-order valence-electron chi connectivity index (χ0n) is 17.5. The van der Waals surface area contributed by atoms with Crippen LogP contribution in [0.3, 0.4) is 0 Å². The van der Waals surface area contributed by atoms with E-state index < -0.39 is 31.7 Å². The molecule has 10 nitrogen and oxygen atoms in total. The Kier molecular flexibility index (Phi) is 6.23. The number of hydroxylamine groups is 1. The second-order valence-corrected chi connectivity index (χ2v) is 10.9. The highest BCUT2D eigenvalue weighted by Gasteiger charge is 2.65. The molecule has 31 heavy (non-hydrogen) atoms. The highest BCUT2D eigenvalue weighted by atomic mass is 32.2. The molecule has 2 aliphatic carbocycles. The van der Waals surface area contributed by atoms with Crippen LogP contribution in [0.1, 0.15) is 45.1 Å². The number of sulfonamides is 1. The predicted octanol–water partition coefficient (Wildman–Crippen LogP) is 2.02. The van der Waals surface area contributed by atoms with Crippen molar-refractivity contribution in [3.8, 4) is 0 Å². The summed E-state index contributed by atoms with van der Waals surface area (Å²) < 4.78 is 28.0. The Morgan fingerprint density at radius 3 is 2.45 bits per heavy atom. The van der Waals surface area contributed by atoms with E-state index in [-0.39, 0.29) is 42.7 Å². The first-order valence-corrected chi connectivity index (χ1v) is 11.7. The third kappa shape index (κ3) is 4.21. The van der Waals surface area contributed by atoms with Gasteiger partial charge in [-0.1, -0.05) is 26.0 Å². The van der Waals surface area contributed by atoms with Crippen LogP contribution in [0.5, 0.6) is 0 Å². The van der Waals surface area contributed by atoms with Crippen LogP contribution in [-0.4, -0.2) is 46.8 Å². The summed E-state index contributed by atoms with van der Waals surface area (Å²) in [6.07, 6.45) is 1.45. The van der Waals surface area contributed by atoms with Gasteiger partial charge in [0.15, 0.2) is 0 Å². The van der Waals surface area contributed by atoms with E-state index >= 15 is 0 Å². The molecule has 0 aliphatic heterocycles. The van der Waals surface area contributed by atoms with Gasteiger partial charge in [0.2, 0.25) is 15.9 Å². The first kappa shape index (κ1) is 23.3. The monoisotopic (exact) mass is 453 g/mol. The molecule has 3 rings (SSSR count). The topological polar surface area (TPSA) is 147 Å². The van der Waals surface area contributed by atoms with Gasteiger partial charge in [0, 0.05) is 43.5 Å². The van der Waals surface area contributed by atoms with Gasteiger partial charge in [0.1, 0.15) is 5.78 Å². The van der Waals surface area contributed by atoms with Crippen molar-refractivity contribution in [2.75, 3.05) is 12.3 Å². The standard InChI is InChI=1S/C20H27N3O7S/c1-19(2)15-7-9-20(19,17(24)11-15)13-31(29,30)22(10-8-18(25)21-26)12-14-3-5-16(6-4-14)23(27)28/h3-6,15,26H,7-13H2,1-2H3,(H,21,25)/t15-,20-/m1/s1. The minimum absolute atomic E-state index is 0.0271. The maximum absolute atomic E-state index is 13.5. The van der Waals surface area contributed by atoms with Gasteiger partial charge in [-0.05, 0) is 29.7 Å². The number of carbonyl (C=O) groups excluding carboxylic acids is 2. The number of nitrogens with zero attached hydrogens (tertiary/aromatic N) is 2. The summed E-state index contributed by atoms with van der Waals surface area (Å²) in [7, 11) is -3.97. The lowest BCUT2D eigenvalue weighted by Gasteiger charge is -2.37. The largest absolute Gasteiger partial charge is 0.299 e. The van der Waals surface area contributed by atoms with Crippen molar-refractivity contribution in [2.45, 2.75) is 46.1 Å². The van der Waals surface area contributed by atoms with E-state index in [9.17, 15) is 28.1 Å². The highest BCUT2D eigenvalue weighted by molar-refractivity contribution is 7.89. The smallest absolute Gasteiger partial charge is 0.269 e. The third-order valence-corrected chi connectivity index (χ3v) is 9.14. The zero-order valence-corrected chi connectivity index (χ0v) is 18.4. The quantitative estimate of drug-likeness (QED) is 0.330. The van der Waals surface area contributed by atoms with Crippen molar-refractivity contribution in [3.05, 3.63) is 39.9 Å². The van der Waals surface area contributed by atoms with Gasteiger partial charge in [0.05, 0.1) is 10.7 Å². The molecule has 2 fully saturated rings. The molecule has 0 spiro atoms. The fraction of sp³-hybridized carbons (Fsp3) is 0.600. The van der Waals surface area contributed by atoms with Gasteiger partial charge >= 0.3 is 0 Å². The molecule has 0 unspecified atom stereocenters. The minimum atomic E-state index is -3.97. The van der Waals surface area contributed by atoms with Gasteiger partial charge in [-0.2, -0.15) is 4.31 Å². The highest BCUT2D eigenvalue weighted by Crippen LogP contribution is 2.64. The lowest BCUT2D eigenvalue weighted by atomic mass is 9.70. The number of fused-ring (bicyclic) bond motifs is 2. The summed E-state index contributed by atoms with van der Waals surface area (Å²) in [4.78, 5) is 34.6. The summed E-state index contributed by atoms with van der Waals surface area (Å²) in [5.41, 5.74) is 0.491. The summed E-state index contributed by atoms with van der Waals surface area (Å²) in [6.45, 7) is 3.60. The van der Waals surface area contributed by atoms with Crippen LogP contribution < -0.4 is 5.48 Å². The van der Waals surface area contributed by atoms with E-state index in [2.05, 4.69) is 0 Å². The fourth-order valence-corrected chi connectivity index (χ4v) is 7.23. The van der Waals surface area contributed by atoms with Crippen molar-refractivity contribution in [1.29, 1.82) is 0 Å². The Hall–Kier alpha value is -2.37. The molecule has 0 aromatic heterocycles. The number of hydrogen-bond acceptors (Lipinski definition) is 7. The molecule has 2 bridgehead atoms. The van der Waals surface area contributed by atoms with Crippen LogP contribution in [-0.2, 0) is 26.2 Å². The molecule has 0 heterocycles. The molecule has 2 N–H and O–H groups in total. The SMILES string of the molecule is CC1(C)[C@@H]2CC[C@@]1(CS(=O)(=O)N(CCC(=O)NO)Cc1ccc([N+](=O)[O-])cc1)C(=O)C2. The number of non-ortho nitro benzene ring substituents is 1. The maximum atomic E-state index is 13.5. The summed E-state index contributed by atoms with van der Waals surface area (Å²) in [5.74, 6) is -0.935. The number of nitro benzene ring substituents is 1.